The third kappa shape index (κ3) is 8.69. The lowest BCUT2D eigenvalue weighted by Gasteiger charge is -2.26. The molecule has 0 amide bonds. The predicted octanol–water partition coefficient (Wildman–Crippen LogP) is 24.2. The fraction of sp³-hybridized carbons (Fsp3) is 0.0659. The number of hydrogen-bond donors (Lipinski definition) is 0. The smallest absolute Gasteiger partial charge is 0.0780 e. The van der Waals surface area contributed by atoms with Crippen molar-refractivity contribution < 1.29 is 0 Å². The third-order valence-corrected chi connectivity index (χ3v) is 20.5. The molecule has 3 aromatic heterocycles. The van der Waals surface area contributed by atoms with Gasteiger partial charge in [0.05, 0.1) is 27.9 Å². The van der Waals surface area contributed by atoms with Crippen LogP contribution >= 0.6 is 0 Å². The summed E-state index contributed by atoms with van der Waals surface area (Å²) in [7, 11) is 0. The highest BCUT2D eigenvalue weighted by Crippen LogP contribution is 2.56. The van der Waals surface area contributed by atoms with Crippen LogP contribution in [-0.2, 0) is 10.8 Å². The van der Waals surface area contributed by atoms with Crippen molar-refractivity contribution in [2.24, 2.45) is 0 Å². The molecule has 0 saturated carbocycles. The Morgan fingerprint density at radius 3 is 1.22 bits per heavy atom. The summed E-state index contributed by atoms with van der Waals surface area (Å²) in [6.07, 6.45) is 1.88. The van der Waals surface area contributed by atoms with Crippen molar-refractivity contribution in [2.45, 2.75) is 38.5 Å². The van der Waals surface area contributed by atoms with Gasteiger partial charge in [0.15, 0.2) is 0 Å². The highest BCUT2D eigenvalue weighted by molar-refractivity contribution is 6.18. The Balaban J connectivity index is 0.000000138. The third-order valence-electron chi connectivity index (χ3n) is 20.5. The Kier molecular flexibility index (Phi) is 12.6. The van der Waals surface area contributed by atoms with Gasteiger partial charge < -0.3 is 0 Å². The minimum absolute atomic E-state index is 0.172. The van der Waals surface area contributed by atoms with Crippen LogP contribution in [0.1, 0.15) is 49.9 Å². The second-order valence-electron chi connectivity index (χ2n) is 26.5. The molecule has 0 radical (unpaired) electrons. The van der Waals surface area contributed by atoms with Crippen molar-refractivity contribution >= 4 is 75.8 Å². The van der Waals surface area contributed by atoms with Gasteiger partial charge in [-0.15, -0.1) is 0 Å². The number of para-hydroxylation sites is 1. The molecule has 17 aromatic rings. The maximum absolute atomic E-state index is 5.38. The van der Waals surface area contributed by atoms with E-state index in [1.807, 2.05) is 12.3 Å². The van der Waals surface area contributed by atoms with Crippen LogP contribution in [0.2, 0.25) is 0 Å². The molecule has 0 spiro atoms. The highest BCUT2D eigenvalue weighted by Gasteiger charge is 2.41. The molecule has 0 unspecified atom stereocenters. The van der Waals surface area contributed by atoms with Gasteiger partial charge in [0.2, 0.25) is 0 Å². The molecule has 3 heterocycles. The number of benzene rings is 14. The lowest BCUT2D eigenvalue weighted by Crippen LogP contribution is -2.16. The molecule has 442 valence electrons. The fourth-order valence-electron chi connectivity index (χ4n) is 16.0. The quantitative estimate of drug-likeness (QED) is 0.156. The summed E-state index contributed by atoms with van der Waals surface area (Å²) >= 11 is 0. The van der Waals surface area contributed by atoms with Crippen LogP contribution in [0.5, 0.6) is 0 Å². The van der Waals surface area contributed by atoms with E-state index in [2.05, 4.69) is 325 Å². The van der Waals surface area contributed by atoms with E-state index in [0.29, 0.717) is 0 Å². The van der Waals surface area contributed by atoms with E-state index in [4.69, 9.17) is 15.0 Å². The number of pyridine rings is 3. The minimum Gasteiger partial charge on any atom is -0.256 e. The molecule has 0 N–H and O–H groups in total. The number of aromatic nitrogens is 3. The van der Waals surface area contributed by atoms with Gasteiger partial charge in [-0.05, 0) is 157 Å². The Morgan fingerprint density at radius 2 is 0.660 bits per heavy atom. The Morgan fingerprint density at radius 1 is 0.255 bits per heavy atom. The van der Waals surface area contributed by atoms with Gasteiger partial charge in [-0.2, -0.15) is 0 Å². The number of rotatable bonds is 6. The molecule has 2 aliphatic rings. The average Bonchev–Trinajstić information content (AvgIpc) is 1.52. The first-order valence-corrected chi connectivity index (χ1v) is 32.7. The SMILES string of the molecule is CC1(C)c2ccccc2-c2nc3ccc4ccccc4c3c(-c3ccc(-c4ccc(-c5cccc6cccnc56)c5ccccc45)cc3)c21.CC1(C)c2ccccc2-c2nc3ccc4ccccc4c3c(-c3ccc(-c4ccc5cc(-c6ccccc6)ccc5c4)cc3)c21. The van der Waals surface area contributed by atoms with Gasteiger partial charge >= 0.3 is 0 Å². The van der Waals surface area contributed by atoms with Crippen molar-refractivity contribution in [3.63, 3.8) is 0 Å². The van der Waals surface area contributed by atoms with Crippen LogP contribution in [0.4, 0.5) is 0 Å². The summed E-state index contributed by atoms with van der Waals surface area (Å²) in [5, 5.41) is 13.5. The summed E-state index contributed by atoms with van der Waals surface area (Å²) in [4.78, 5) is 15.5. The zero-order valence-electron chi connectivity index (χ0n) is 52.8. The number of nitrogens with zero attached hydrogens (tertiary/aromatic N) is 3. The van der Waals surface area contributed by atoms with E-state index in [1.165, 1.54) is 148 Å². The maximum atomic E-state index is 5.38. The van der Waals surface area contributed by atoms with Crippen LogP contribution < -0.4 is 0 Å². The van der Waals surface area contributed by atoms with Gasteiger partial charge in [0, 0.05) is 49.9 Å². The largest absolute Gasteiger partial charge is 0.256 e. The molecule has 3 heteroatoms. The molecule has 0 aliphatic heterocycles. The standard InChI is InChI=1S/C47H32N2.C44H31N/c1-47(2)40-19-8-7-17-39(40)46-44(47)42(43-34-14-4-3-11-29(34)24-27-41(43)49-46)31-22-20-30(21-23-31)33-25-26-37(36-16-6-5-15-35(33)36)38-18-9-12-32-13-10-28-48-45(32)38;1-44(2)38-15-9-8-14-37(38)43-42(44)40(41-36-13-7-6-12-30(36)24-25-39(41)45-43)31-18-16-29(17-19-31)33-21-23-34-26-32(20-22-35(34)27-33)28-10-4-3-5-11-28/h3-28H,1-2H3;3-27H,1-2H3. The first kappa shape index (κ1) is 55.2. The second kappa shape index (κ2) is 21.5. The van der Waals surface area contributed by atoms with Gasteiger partial charge in [-0.25, -0.2) is 9.97 Å². The van der Waals surface area contributed by atoms with Crippen molar-refractivity contribution in [1.82, 2.24) is 15.0 Å². The van der Waals surface area contributed by atoms with Crippen LogP contribution in [0.3, 0.4) is 0 Å². The molecule has 19 rings (SSSR count). The van der Waals surface area contributed by atoms with E-state index < -0.39 is 0 Å². The second-order valence-corrected chi connectivity index (χ2v) is 26.5. The number of fused-ring (bicyclic) bond motifs is 15. The van der Waals surface area contributed by atoms with Crippen LogP contribution in [0.15, 0.2) is 310 Å². The minimum atomic E-state index is -0.194. The summed E-state index contributed by atoms with van der Waals surface area (Å²) in [6.45, 7) is 9.42. The summed E-state index contributed by atoms with van der Waals surface area (Å²) in [5.74, 6) is 0. The highest BCUT2D eigenvalue weighted by atomic mass is 14.7. The van der Waals surface area contributed by atoms with E-state index in [0.717, 1.165) is 38.9 Å². The molecular weight excluding hydrogens is 1140 g/mol. The van der Waals surface area contributed by atoms with Crippen molar-refractivity contribution in [3.05, 3.63) is 332 Å². The Hall–Kier alpha value is -11.7. The van der Waals surface area contributed by atoms with Gasteiger partial charge in [0.1, 0.15) is 0 Å². The van der Waals surface area contributed by atoms with Crippen molar-refractivity contribution in [1.29, 1.82) is 0 Å². The first-order chi connectivity index (χ1) is 46.1. The Bertz CT molecular complexity index is 5950. The number of hydrogen-bond acceptors (Lipinski definition) is 3. The molecule has 94 heavy (non-hydrogen) atoms. The normalized spacial score (nSPS) is 13.3. The van der Waals surface area contributed by atoms with E-state index in [1.54, 1.807) is 0 Å². The van der Waals surface area contributed by atoms with Crippen LogP contribution in [-0.4, -0.2) is 15.0 Å². The van der Waals surface area contributed by atoms with Crippen molar-refractivity contribution in [2.75, 3.05) is 0 Å². The molecular formula is C91H63N3. The van der Waals surface area contributed by atoms with E-state index in [-0.39, 0.29) is 10.8 Å². The van der Waals surface area contributed by atoms with Crippen LogP contribution in [0.25, 0.3) is 165 Å². The Labute approximate surface area is 547 Å². The topological polar surface area (TPSA) is 38.7 Å². The zero-order chi connectivity index (χ0) is 62.8. The lowest BCUT2D eigenvalue weighted by atomic mass is 9.78. The van der Waals surface area contributed by atoms with Crippen molar-refractivity contribution in [3.8, 4) is 89.3 Å². The molecule has 3 nitrogen and oxygen atoms in total. The summed E-state index contributed by atoms with van der Waals surface area (Å²) < 4.78 is 0. The molecule has 0 saturated heterocycles. The van der Waals surface area contributed by atoms with Gasteiger partial charge in [-0.1, -0.05) is 301 Å². The summed E-state index contributed by atoms with van der Waals surface area (Å²) in [5.41, 5.74) is 27.5. The van der Waals surface area contributed by atoms with E-state index in [9.17, 15) is 0 Å². The monoisotopic (exact) mass is 1200 g/mol. The molecule has 14 aromatic carbocycles. The molecule has 0 fully saturated rings. The lowest BCUT2D eigenvalue weighted by molar-refractivity contribution is 0.661. The first-order valence-electron chi connectivity index (χ1n) is 32.7. The summed E-state index contributed by atoms with van der Waals surface area (Å²) in [6, 6.07) is 110. The molecule has 2 aliphatic carbocycles. The average molecular weight is 1200 g/mol. The maximum Gasteiger partial charge on any atom is 0.0780 e. The fourth-order valence-corrected chi connectivity index (χ4v) is 16.0. The van der Waals surface area contributed by atoms with Gasteiger partial charge in [0.25, 0.3) is 0 Å². The molecule has 0 bridgehead atoms. The van der Waals surface area contributed by atoms with Crippen LogP contribution in [0, 0.1) is 0 Å². The van der Waals surface area contributed by atoms with E-state index >= 15 is 0 Å². The predicted molar refractivity (Wildman–Crippen MR) is 397 cm³/mol. The molecule has 0 atom stereocenters. The van der Waals surface area contributed by atoms with Gasteiger partial charge in [-0.3, -0.25) is 4.98 Å². The zero-order valence-corrected chi connectivity index (χ0v) is 52.8.